The molecule has 0 fully saturated rings. The van der Waals surface area contributed by atoms with E-state index >= 15 is 0 Å². The number of alkyl halides is 4. The standard InChI is InChI=1S/C10H7Br2F3O2/c11-5-4-7(16)9-6(12)2-1-3-8(9)17-10(13,14)15/h1-3H,4-5H2. The summed E-state index contributed by atoms with van der Waals surface area (Å²) in [6.45, 7) is 0. The fourth-order valence-electron chi connectivity index (χ4n) is 1.20. The second-order valence-electron chi connectivity index (χ2n) is 3.02. The summed E-state index contributed by atoms with van der Waals surface area (Å²) in [6.07, 6.45) is -4.72. The molecule has 0 aliphatic heterocycles. The third-order valence-electron chi connectivity index (χ3n) is 1.80. The highest BCUT2D eigenvalue weighted by atomic mass is 79.9. The van der Waals surface area contributed by atoms with E-state index < -0.39 is 17.9 Å². The number of ether oxygens (including phenoxy) is 1. The van der Waals surface area contributed by atoms with E-state index in [1.807, 2.05) is 0 Å². The molecule has 0 heterocycles. The molecule has 0 N–H and O–H groups in total. The number of rotatable bonds is 4. The van der Waals surface area contributed by atoms with E-state index in [9.17, 15) is 18.0 Å². The van der Waals surface area contributed by atoms with Crippen molar-refractivity contribution in [3.05, 3.63) is 28.2 Å². The first-order valence-electron chi connectivity index (χ1n) is 4.48. The predicted octanol–water partition coefficient (Wildman–Crippen LogP) is 4.32. The largest absolute Gasteiger partial charge is 0.573 e. The molecule has 0 unspecified atom stereocenters. The van der Waals surface area contributed by atoms with Crippen molar-refractivity contribution >= 4 is 37.6 Å². The molecule has 0 amide bonds. The summed E-state index contributed by atoms with van der Waals surface area (Å²) in [5.74, 6) is -0.911. The van der Waals surface area contributed by atoms with Crippen LogP contribution in [0.5, 0.6) is 5.75 Å². The fourth-order valence-corrected chi connectivity index (χ4v) is 2.12. The molecule has 0 saturated carbocycles. The lowest BCUT2D eigenvalue weighted by Crippen LogP contribution is -2.19. The maximum Gasteiger partial charge on any atom is 0.573 e. The van der Waals surface area contributed by atoms with Gasteiger partial charge in [-0.15, -0.1) is 13.2 Å². The molecule has 0 saturated heterocycles. The molecule has 7 heteroatoms. The number of hydrogen-bond donors (Lipinski definition) is 0. The normalized spacial score (nSPS) is 11.4. The van der Waals surface area contributed by atoms with Crippen molar-refractivity contribution in [1.82, 2.24) is 0 Å². The van der Waals surface area contributed by atoms with Crippen molar-refractivity contribution in [2.45, 2.75) is 12.8 Å². The van der Waals surface area contributed by atoms with Crippen molar-refractivity contribution in [3.63, 3.8) is 0 Å². The van der Waals surface area contributed by atoms with E-state index in [0.717, 1.165) is 6.07 Å². The van der Waals surface area contributed by atoms with Gasteiger partial charge in [-0.25, -0.2) is 0 Å². The lowest BCUT2D eigenvalue weighted by molar-refractivity contribution is -0.274. The first kappa shape index (κ1) is 14.5. The molecule has 1 aromatic carbocycles. The van der Waals surface area contributed by atoms with E-state index in [4.69, 9.17) is 0 Å². The van der Waals surface area contributed by atoms with E-state index in [0.29, 0.717) is 5.33 Å². The monoisotopic (exact) mass is 374 g/mol. The number of halogens is 5. The summed E-state index contributed by atoms with van der Waals surface area (Å²) < 4.78 is 40.5. The topological polar surface area (TPSA) is 26.3 Å². The van der Waals surface area contributed by atoms with Crippen molar-refractivity contribution in [2.24, 2.45) is 0 Å². The van der Waals surface area contributed by atoms with Crippen LogP contribution in [0.2, 0.25) is 0 Å². The highest BCUT2D eigenvalue weighted by Gasteiger charge is 2.33. The van der Waals surface area contributed by atoms with Gasteiger partial charge in [-0.3, -0.25) is 4.79 Å². The average molecular weight is 376 g/mol. The molecule has 0 aliphatic carbocycles. The maximum absolute atomic E-state index is 12.1. The van der Waals surface area contributed by atoms with Gasteiger partial charge in [-0.05, 0) is 28.1 Å². The summed E-state index contributed by atoms with van der Waals surface area (Å²) in [7, 11) is 0. The van der Waals surface area contributed by atoms with E-state index in [1.54, 1.807) is 0 Å². The predicted molar refractivity (Wildman–Crippen MR) is 63.6 cm³/mol. The third kappa shape index (κ3) is 4.31. The Hall–Kier alpha value is -0.560. The second-order valence-corrected chi connectivity index (χ2v) is 4.67. The van der Waals surface area contributed by atoms with E-state index in [2.05, 4.69) is 36.6 Å². The molecule has 0 aliphatic rings. The van der Waals surface area contributed by atoms with Crippen molar-refractivity contribution in [3.8, 4) is 5.75 Å². The zero-order chi connectivity index (χ0) is 13.1. The van der Waals surface area contributed by atoms with Crippen molar-refractivity contribution in [1.29, 1.82) is 0 Å². The molecule has 17 heavy (non-hydrogen) atoms. The first-order valence-corrected chi connectivity index (χ1v) is 6.40. The minimum Gasteiger partial charge on any atom is -0.405 e. The average Bonchev–Trinajstić information content (AvgIpc) is 2.15. The molecule has 1 aromatic rings. The molecular formula is C10H7Br2F3O2. The fraction of sp³-hybridized carbons (Fsp3) is 0.300. The third-order valence-corrected chi connectivity index (χ3v) is 2.86. The van der Waals surface area contributed by atoms with Gasteiger partial charge in [0.05, 0.1) is 5.56 Å². The highest BCUT2D eigenvalue weighted by Crippen LogP contribution is 2.32. The van der Waals surface area contributed by atoms with Crippen LogP contribution in [0.3, 0.4) is 0 Å². The quantitative estimate of drug-likeness (QED) is 0.578. The maximum atomic E-state index is 12.1. The molecule has 1 rings (SSSR count). The summed E-state index contributed by atoms with van der Waals surface area (Å²) in [6, 6.07) is 3.97. The molecular weight excluding hydrogens is 369 g/mol. The van der Waals surface area contributed by atoms with Gasteiger partial charge < -0.3 is 4.74 Å². The Morgan fingerprint density at radius 1 is 1.35 bits per heavy atom. The summed E-state index contributed by atoms with van der Waals surface area (Å²) >= 11 is 6.10. The van der Waals surface area contributed by atoms with E-state index in [1.165, 1.54) is 12.1 Å². The van der Waals surface area contributed by atoms with Crippen molar-refractivity contribution in [2.75, 3.05) is 5.33 Å². The van der Waals surface area contributed by atoms with Gasteiger partial charge in [-0.1, -0.05) is 22.0 Å². The Kier molecular flexibility index (Phi) is 5.00. The van der Waals surface area contributed by atoms with Crippen molar-refractivity contribution < 1.29 is 22.7 Å². The van der Waals surface area contributed by atoms with Gasteiger partial charge in [0.15, 0.2) is 5.78 Å². The van der Waals surface area contributed by atoms with Gasteiger partial charge in [0.1, 0.15) is 5.75 Å². The van der Waals surface area contributed by atoms with Gasteiger partial charge in [-0.2, -0.15) is 0 Å². The number of carbonyl (C=O) groups is 1. The summed E-state index contributed by atoms with van der Waals surface area (Å²) in [5, 5.41) is 0.374. The smallest absolute Gasteiger partial charge is 0.405 e. The van der Waals surface area contributed by atoms with Gasteiger partial charge >= 0.3 is 6.36 Å². The van der Waals surface area contributed by atoms with Gasteiger partial charge in [0.25, 0.3) is 0 Å². The van der Waals surface area contributed by atoms with Crippen LogP contribution in [-0.4, -0.2) is 17.5 Å². The highest BCUT2D eigenvalue weighted by molar-refractivity contribution is 9.10. The second kappa shape index (κ2) is 5.86. The molecule has 0 spiro atoms. The summed E-state index contributed by atoms with van der Waals surface area (Å²) in [4.78, 5) is 11.7. The van der Waals surface area contributed by atoms with Crippen LogP contribution in [0.15, 0.2) is 22.7 Å². The molecule has 0 bridgehead atoms. The number of benzene rings is 1. The van der Waals surface area contributed by atoms with Crippen LogP contribution in [0, 0.1) is 0 Å². The Balaban J connectivity index is 3.13. The first-order chi connectivity index (χ1) is 7.85. The van der Waals surface area contributed by atoms with Crippen LogP contribution in [0.1, 0.15) is 16.8 Å². The number of hydrogen-bond acceptors (Lipinski definition) is 2. The van der Waals surface area contributed by atoms with Crippen LogP contribution in [0.4, 0.5) is 13.2 Å². The van der Waals surface area contributed by atoms with Crippen LogP contribution < -0.4 is 4.74 Å². The molecule has 0 atom stereocenters. The molecule has 0 aromatic heterocycles. The molecule has 2 nitrogen and oxygen atoms in total. The number of carbonyl (C=O) groups excluding carboxylic acids is 1. The minimum atomic E-state index is -4.82. The van der Waals surface area contributed by atoms with Gasteiger partial charge in [0, 0.05) is 16.2 Å². The summed E-state index contributed by atoms with van der Waals surface area (Å²) in [5.41, 5.74) is -0.0933. The van der Waals surface area contributed by atoms with Crippen LogP contribution in [-0.2, 0) is 0 Å². The number of Topliss-reactive ketones (excluding diaryl/α,β-unsaturated/α-hetero) is 1. The zero-order valence-electron chi connectivity index (χ0n) is 8.35. The minimum absolute atomic E-state index is 0.0933. The molecule has 0 radical (unpaired) electrons. The van der Waals surface area contributed by atoms with Crippen LogP contribution >= 0.6 is 31.9 Å². The SMILES string of the molecule is O=C(CCBr)c1c(Br)cccc1OC(F)(F)F. The van der Waals surface area contributed by atoms with Crippen LogP contribution in [0.25, 0.3) is 0 Å². The Morgan fingerprint density at radius 2 is 2.00 bits per heavy atom. The lowest BCUT2D eigenvalue weighted by Gasteiger charge is -2.13. The number of ketones is 1. The Morgan fingerprint density at radius 3 is 2.53 bits per heavy atom. The Bertz CT molecular complexity index is 419. The van der Waals surface area contributed by atoms with Gasteiger partial charge in [0.2, 0.25) is 0 Å². The zero-order valence-corrected chi connectivity index (χ0v) is 11.5. The lowest BCUT2D eigenvalue weighted by atomic mass is 10.1. The molecule has 94 valence electrons. The van der Waals surface area contributed by atoms with E-state index in [-0.39, 0.29) is 16.5 Å². The Labute approximate surface area is 112 Å².